The van der Waals surface area contributed by atoms with Crippen molar-refractivity contribution in [2.75, 3.05) is 13.1 Å². The molecule has 1 saturated heterocycles. The molecule has 130 valence electrons. The Morgan fingerprint density at radius 3 is 2.56 bits per heavy atom. The second-order valence-corrected chi connectivity index (χ2v) is 6.62. The van der Waals surface area contributed by atoms with E-state index in [4.69, 9.17) is 5.73 Å². The molecule has 0 bridgehead atoms. The zero-order valence-electron chi connectivity index (χ0n) is 14.6. The smallest absolute Gasteiger partial charge is 0.226 e. The number of hydrogen-bond donors (Lipinski definition) is 1. The summed E-state index contributed by atoms with van der Waals surface area (Å²) in [6.07, 6.45) is 6.52. The number of nitrogens with zero attached hydrogens (tertiary/aromatic N) is 1. The fourth-order valence-electron chi connectivity index (χ4n) is 3.43. The maximum Gasteiger partial charge on any atom is 0.226 e. The SMILES string of the molecule is NCc1cccc(C2CCN(C(=O)C/C=C/c3ccccc3)CC2)c1. The summed E-state index contributed by atoms with van der Waals surface area (Å²) in [6, 6.07) is 18.6. The van der Waals surface area contributed by atoms with Gasteiger partial charge in [-0.3, -0.25) is 4.79 Å². The molecule has 2 N–H and O–H groups in total. The van der Waals surface area contributed by atoms with Crippen molar-refractivity contribution in [3.8, 4) is 0 Å². The number of nitrogens with two attached hydrogens (primary N) is 1. The molecule has 1 aliphatic heterocycles. The van der Waals surface area contributed by atoms with E-state index < -0.39 is 0 Å². The van der Waals surface area contributed by atoms with E-state index in [1.54, 1.807) is 0 Å². The summed E-state index contributed by atoms with van der Waals surface area (Å²) in [5.41, 5.74) is 9.42. The number of benzene rings is 2. The summed E-state index contributed by atoms with van der Waals surface area (Å²) in [4.78, 5) is 14.4. The van der Waals surface area contributed by atoms with Crippen LogP contribution in [-0.4, -0.2) is 23.9 Å². The minimum atomic E-state index is 0.223. The summed E-state index contributed by atoms with van der Waals surface area (Å²) in [5.74, 6) is 0.761. The van der Waals surface area contributed by atoms with Crippen LogP contribution in [0.4, 0.5) is 0 Å². The van der Waals surface area contributed by atoms with Crippen LogP contribution in [0.3, 0.4) is 0 Å². The Hall–Kier alpha value is -2.39. The minimum absolute atomic E-state index is 0.223. The first-order valence-corrected chi connectivity index (χ1v) is 9.04. The molecule has 0 aromatic heterocycles. The van der Waals surface area contributed by atoms with Gasteiger partial charge in [-0.2, -0.15) is 0 Å². The molecule has 0 saturated carbocycles. The quantitative estimate of drug-likeness (QED) is 0.900. The largest absolute Gasteiger partial charge is 0.342 e. The lowest BCUT2D eigenvalue weighted by molar-refractivity contribution is -0.131. The highest BCUT2D eigenvalue weighted by Gasteiger charge is 2.23. The molecule has 0 spiro atoms. The lowest BCUT2D eigenvalue weighted by Gasteiger charge is -2.32. The van der Waals surface area contributed by atoms with Gasteiger partial charge in [0.1, 0.15) is 0 Å². The van der Waals surface area contributed by atoms with Gasteiger partial charge in [0.2, 0.25) is 5.91 Å². The third-order valence-electron chi connectivity index (χ3n) is 4.91. The molecular weight excluding hydrogens is 308 g/mol. The standard InChI is InChI=1S/C22H26N2O/c23-17-19-9-4-10-21(16-19)20-12-14-24(15-13-20)22(25)11-5-8-18-6-2-1-3-7-18/h1-10,16,20H,11-15,17,23H2/b8-5+. The van der Waals surface area contributed by atoms with Crippen LogP contribution in [0.15, 0.2) is 60.7 Å². The Kier molecular flexibility index (Phi) is 6.02. The molecule has 1 aliphatic rings. The molecule has 0 atom stereocenters. The highest BCUT2D eigenvalue weighted by atomic mass is 16.2. The molecule has 3 rings (SSSR count). The van der Waals surface area contributed by atoms with Crippen LogP contribution in [0.2, 0.25) is 0 Å². The number of carbonyl (C=O) groups excluding carboxylic acids is 1. The van der Waals surface area contributed by atoms with Crippen molar-refractivity contribution >= 4 is 12.0 Å². The molecule has 0 unspecified atom stereocenters. The van der Waals surface area contributed by atoms with E-state index in [0.29, 0.717) is 18.9 Å². The van der Waals surface area contributed by atoms with Gasteiger partial charge in [-0.15, -0.1) is 0 Å². The Bertz CT molecular complexity index is 716. The second kappa shape index (κ2) is 8.63. The third kappa shape index (κ3) is 4.80. The molecule has 1 fully saturated rings. The van der Waals surface area contributed by atoms with Crippen LogP contribution in [-0.2, 0) is 11.3 Å². The molecule has 1 heterocycles. The first kappa shape index (κ1) is 17.4. The topological polar surface area (TPSA) is 46.3 Å². The van der Waals surface area contributed by atoms with Gasteiger partial charge in [0.05, 0.1) is 0 Å². The number of rotatable bonds is 5. The van der Waals surface area contributed by atoms with Crippen molar-refractivity contribution in [2.45, 2.75) is 31.7 Å². The second-order valence-electron chi connectivity index (χ2n) is 6.62. The third-order valence-corrected chi connectivity index (χ3v) is 4.91. The molecule has 3 heteroatoms. The van der Waals surface area contributed by atoms with Crippen molar-refractivity contribution in [3.05, 3.63) is 77.4 Å². The van der Waals surface area contributed by atoms with Crippen molar-refractivity contribution in [1.29, 1.82) is 0 Å². The number of amides is 1. The molecule has 2 aromatic rings. The Morgan fingerprint density at radius 2 is 1.84 bits per heavy atom. The minimum Gasteiger partial charge on any atom is -0.342 e. The normalized spacial score (nSPS) is 15.6. The van der Waals surface area contributed by atoms with Gasteiger partial charge >= 0.3 is 0 Å². The zero-order valence-corrected chi connectivity index (χ0v) is 14.6. The summed E-state index contributed by atoms with van der Waals surface area (Å²) < 4.78 is 0. The molecule has 3 nitrogen and oxygen atoms in total. The maximum absolute atomic E-state index is 12.4. The number of piperidine rings is 1. The fourth-order valence-corrected chi connectivity index (χ4v) is 3.43. The van der Waals surface area contributed by atoms with E-state index in [0.717, 1.165) is 31.5 Å². The molecule has 2 aromatic carbocycles. The molecule has 0 aliphatic carbocycles. The van der Waals surface area contributed by atoms with Crippen molar-refractivity contribution < 1.29 is 4.79 Å². The molecule has 0 radical (unpaired) electrons. The van der Waals surface area contributed by atoms with Gasteiger partial charge in [0.15, 0.2) is 0 Å². The van der Waals surface area contributed by atoms with Gasteiger partial charge in [-0.25, -0.2) is 0 Å². The number of hydrogen-bond acceptors (Lipinski definition) is 2. The predicted octanol–water partition coefficient (Wildman–Crippen LogP) is 3.95. The molecular formula is C22H26N2O. The lowest BCUT2D eigenvalue weighted by atomic mass is 9.88. The van der Waals surface area contributed by atoms with Crippen LogP contribution in [0, 0.1) is 0 Å². The zero-order chi connectivity index (χ0) is 17.5. The van der Waals surface area contributed by atoms with Crippen LogP contribution in [0.5, 0.6) is 0 Å². The van der Waals surface area contributed by atoms with Crippen LogP contribution >= 0.6 is 0 Å². The average Bonchev–Trinajstić information content (AvgIpc) is 2.69. The van der Waals surface area contributed by atoms with Crippen LogP contribution in [0.1, 0.15) is 41.9 Å². The van der Waals surface area contributed by atoms with Gasteiger partial charge in [-0.05, 0) is 35.4 Å². The van der Waals surface area contributed by atoms with Crippen LogP contribution < -0.4 is 5.73 Å². The van der Waals surface area contributed by atoms with Gasteiger partial charge in [0, 0.05) is 26.1 Å². The fraction of sp³-hybridized carbons (Fsp3) is 0.318. The van der Waals surface area contributed by atoms with E-state index in [1.807, 2.05) is 47.4 Å². The van der Waals surface area contributed by atoms with Gasteiger partial charge in [-0.1, -0.05) is 66.7 Å². The van der Waals surface area contributed by atoms with Gasteiger partial charge in [0.25, 0.3) is 0 Å². The highest BCUT2D eigenvalue weighted by Crippen LogP contribution is 2.28. The Balaban J connectivity index is 1.49. The first-order chi connectivity index (χ1) is 12.3. The monoisotopic (exact) mass is 334 g/mol. The summed E-state index contributed by atoms with van der Waals surface area (Å²) in [7, 11) is 0. The average molecular weight is 334 g/mol. The maximum atomic E-state index is 12.4. The highest BCUT2D eigenvalue weighted by molar-refractivity contribution is 5.78. The van der Waals surface area contributed by atoms with E-state index in [2.05, 4.69) is 24.3 Å². The summed E-state index contributed by atoms with van der Waals surface area (Å²) in [5, 5.41) is 0. The van der Waals surface area contributed by atoms with Crippen molar-refractivity contribution in [3.63, 3.8) is 0 Å². The Morgan fingerprint density at radius 1 is 1.08 bits per heavy atom. The van der Waals surface area contributed by atoms with E-state index in [-0.39, 0.29) is 5.91 Å². The summed E-state index contributed by atoms with van der Waals surface area (Å²) in [6.45, 7) is 2.27. The van der Waals surface area contributed by atoms with E-state index in [9.17, 15) is 4.79 Å². The van der Waals surface area contributed by atoms with Gasteiger partial charge < -0.3 is 10.6 Å². The van der Waals surface area contributed by atoms with E-state index >= 15 is 0 Å². The van der Waals surface area contributed by atoms with Crippen molar-refractivity contribution in [1.82, 2.24) is 4.90 Å². The molecule has 1 amide bonds. The number of carbonyl (C=O) groups is 1. The van der Waals surface area contributed by atoms with E-state index in [1.165, 1.54) is 11.1 Å². The Labute approximate surface area is 150 Å². The van der Waals surface area contributed by atoms with Crippen LogP contribution in [0.25, 0.3) is 6.08 Å². The predicted molar refractivity (Wildman–Crippen MR) is 103 cm³/mol. The lowest BCUT2D eigenvalue weighted by Crippen LogP contribution is -2.37. The molecule has 25 heavy (non-hydrogen) atoms. The van der Waals surface area contributed by atoms with Crippen molar-refractivity contribution in [2.24, 2.45) is 5.73 Å². The first-order valence-electron chi connectivity index (χ1n) is 9.04. The number of likely N-dealkylation sites (tertiary alicyclic amines) is 1. The summed E-state index contributed by atoms with van der Waals surface area (Å²) >= 11 is 0.